The maximum absolute atomic E-state index is 3.68. The van der Waals surface area contributed by atoms with Crippen LogP contribution in [0.5, 0.6) is 0 Å². The minimum atomic E-state index is 0.573. The molecule has 0 bridgehead atoms. The van der Waals surface area contributed by atoms with Crippen molar-refractivity contribution in [2.75, 3.05) is 6.54 Å². The molecule has 1 unspecified atom stereocenters. The van der Waals surface area contributed by atoms with Crippen LogP contribution in [-0.4, -0.2) is 12.6 Å². The third-order valence-electron chi connectivity index (χ3n) is 3.83. The molecule has 98 valence electrons. The normalized spacial score (nSPS) is 16.2. The summed E-state index contributed by atoms with van der Waals surface area (Å²) < 4.78 is 0. The molecule has 0 aliphatic heterocycles. The van der Waals surface area contributed by atoms with Crippen LogP contribution in [0.4, 0.5) is 0 Å². The maximum Gasteiger partial charge on any atom is 0.00684 e. The lowest BCUT2D eigenvalue weighted by atomic mass is 9.92. The van der Waals surface area contributed by atoms with Gasteiger partial charge in [-0.3, -0.25) is 0 Å². The van der Waals surface area contributed by atoms with E-state index in [0.717, 1.165) is 19.0 Å². The molecule has 1 saturated carbocycles. The van der Waals surface area contributed by atoms with Gasteiger partial charge in [-0.2, -0.15) is 0 Å². The van der Waals surface area contributed by atoms with Gasteiger partial charge in [-0.05, 0) is 30.4 Å². The van der Waals surface area contributed by atoms with Crippen LogP contribution in [0.15, 0.2) is 60.7 Å². The number of hydrogen-bond acceptors (Lipinski definition) is 1. The Morgan fingerprint density at radius 3 is 2.16 bits per heavy atom. The molecule has 1 atom stereocenters. The molecule has 0 amide bonds. The zero-order valence-electron chi connectivity index (χ0n) is 11.3. The van der Waals surface area contributed by atoms with Gasteiger partial charge >= 0.3 is 0 Å². The largest absolute Gasteiger partial charge is 0.313 e. The summed E-state index contributed by atoms with van der Waals surface area (Å²) >= 11 is 0. The Bertz CT molecular complexity index is 488. The van der Waals surface area contributed by atoms with E-state index in [1.807, 2.05) is 0 Å². The van der Waals surface area contributed by atoms with Crippen molar-refractivity contribution in [2.45, 2.75) is 31.2 Å². The highest BCUT2D eigenvalue weighted by Gasteiger charge is 2.22. The second-order valence-corrected chi connectivity index (χ2v) is 5.48. The van der Waals surface area contributed by atoms with Gasteiger partial charge in [0.1, 0.15) is 0 Å². The zero-order valence-corrected chi connectivity index (χ0v) is 11.3. The predicted molar refractivity (Wildman–Crippen MR) is 80.4 cm³/mol. The number of rotatable bonds is 6. The molecule has 1 aliphatic rings. The molecule has 1 nitrogen and oxygen atoms in total. The van der Waals surface area contributed by atoms with E-state index in [1.54, 1.807) is 0 Å². The van der Waals surface area contributed by atoms with E-state index in [9.17, 15) is 0 Å². The van der Waals surface area contributed by atoms with Gasteiger partial charge in [0, 0.05) is 18.5 Å². The molecule has 1 fully saturated rings. The first kappa shape index (κ1) is 12.4. The summed E-state index contributed by atoms with van der Waals surface area (Å²) in [5.41, 5.74) is 2.87. The van der Waals surface area contributed by atoms with E-state index in [1.165, 1.54) is 24.0 Å². The van der Waals surface area contributed by atoms with Gasteiger partial charge in [-0.25, -0.2) is 0 Å². The van der Waals surface area contributed by atoms with Crippen molar-refractivity contribution in [1.29, 1.82) is 0 Å². The topological polar surface area (TPSA) is 12.0 Å². The fraction of sp³-hybridized carbons (Fsp3) is 0.333. The van der Waals surface area contributed by atoms with Crippen LogP contribution in [0.1, 0.15) is 29.9 Å². The van der Waals surface area contributed by atoms with Gasteiger partial charge in [-0.15, -0.1) is 0 Å². The summed E-state index contributed by atoms with van der Waals surface area (Å²) in [6, 6.07) is 22.5. The smallest absolute Gasteiger partial charge is 0.00684 e. The third kappa shape index (κ3) is 3.68. The molecule has 0 heterocycles. The maximum atomic E-state index is 3.68. The highest BCUT2D eigenvalue weighted by atomic mass is 14.9. The second kappa shape index (κ2) is 6.03. The van der Waals surface area contributed by atoms with Gasteiger partial charge in [0.2, 0.25) is 0 Å². The fourth-order valence-corrected chi connectivity index (χ4v) is 2.53. The van der Waals surface area contributed by atoms with E-state index in [-0.39, 0.29) is 0 Å². The van der Waals surface area contributed by atoms with Gasteiger partial charge in [0.15, 0.2) is 0 Å². The molecule has 19 heavy (non-hydrogen) atoms. The van der Waals surface area contributed by atoms with Crippen molar-refractivity contribution in [3.05, 3.63) is 71.8 Å². The summed E-state index contributed by atoms with van der Waals surface area (Å²) in [7, 11) is 0. The summed E-state index contributed by atoms with van der Waals surface area (Å²) in [5.74, 6) is 0.573. The lowest BCUT2D eigenvalue weighted by Crippen LogP contribution is -2.24. The molecule has 0 spiro atoms. The first-order valence-electron chi connectivity index (χ1n) is 7.24. The Morgan fingerprint density at radius 1 is 0.895 bits per heavy atom. The van der Waals surface area contributed by atoms with E-state index >= 15 is 0 Å². The highest BCUT2D eigenvalue weighted by molar-refractivity contribution is 5.24. The lowest BCUT2D eigenvalue weighted by molar-refractivity contribution is 0.577. The summed E-state index contributed by atoms with van der Waals surface area (Å²) in [5, 5.41) is 3.68. The molecule has 0 radical (unpaired) electrons. The van der Waals surface area contributed by atoms with Crippen molar-refractivity contribution in [2.24, 2.45) is 0 Å². The van der Waals surface area contributed by atoms with Gasteiger partial charge in [0.05, 0.1) is 0 Å². The van der Waals surface area contributed by atoms with Crippen LogP contribution in [0.2, 0.25) is 0 Å². The SMILES string of the molecule is c1ccc(CC(CNC2CC2)c2ccccc2)cc1. The standard InChI is InChI=1S/C18H21N/c1-3-7-15(8-4-1)13-17(14-19-18-11-12-18)16-9-5-2-6-10-16/h1-10,17-19H,11-14H2. The number of nitrogens with one attached hydrogen (secondary N) is 1. The third-order valence-corrected chi connectivity index (χ3v) is 3.83. The van der Waals surface area contributed by atoms with Crippen LogP contribution in [0, 0.1) is 0 Å². The fourth-order valence-electron chi connectivity index (χ4n) is 2.53. The van der Waals surface area contributed by atoms with Crippen molar-refractivity contribution in [1.82, 2.24) is 5.32 Å². The molecule has 0 saturated heterocycles. The van der Waals surface area contributed by atoms with E-state index in [2.05, 4.69) is 66.0 Å². The van der Waals surface area contributed by atoms with Crippen molar-refractivity contribution >= 4 is 0 Å². The quantitative estimate of drug-likeness (QED) is 0.824. The van der Waals surface area contributed by atoms with Crippen LogP contribution < -0.4 is 5.32 Å². The summed E-state index contributed by atoms with van der Waals surface area (Å²) in [6.07, 6.45) is 3.82. The first-order valence-corrected chi connectivity index (χ1v) is 7.24. The van der Waals surface area contributed by atoms with Crippen molar-refractivity contribution < 1.29 is 0 Å². The molecular formula is C18H21N. The Kier molecular flexibility index (Phi) is 3.95. The molecule has 3 rings (SSSR count). The number of benzene rings is 2. The molecule has 2 aromatic rings. The molecular weight excluding hydrogens is 230 g/mol. The molecule has 1 heteroatoms. The average Bonchev–Trinajstić information content (AvgIpc) is 3.30. The second-order valence-electron chi connectivity index (χ2n) is 5.48. The van der Waals surface area contributed by atoms with Crippen LogP contribution in [-0.2, 0) is 6.42 Å². The van der Waals surface area contributed by atoms with E-state index in [4.69, 9.17) is 0 Å². The highest BCUT2D eigenvalue weighted by Crippen LogP contribution is 2.23. The molecule has 2 aromatic carbocycles. The number of hydrogen-bond donors (Lipinski definition) is 1. The Hall–Kier alpha value is -1.60. The monoisotopic (exact) mass is 251 g/mol. The Morgan fingerprint density at radius 2 is 1.53 bits per heavy atom. The van der Waals surface area contributed by atoms with Crippen LogP contribution in [0.3, 0.4) is 0 Å². The Labute approximate surface area is 115 Å². The summed E-state index contributed by atoms with van der Waals surface area (Å²) in [6.45, 7) is 1.09. The average molecular weight is 251 g/mol. The van der Waals surface area contributed by atoms with Crippen LogP contribution in [0.25, 0.3) is 0 Å². The molecule has 1 aliphatic carbocycles. The Balaban J connectivity index is 1.71. The predicted octanol–water partition coefficient (Wildman–Crippen LogP) is 3.76. The zero-order chi connectivity index (χ0) is 12.9. The van der Waals surface area contributed by atoms with Gasteiger partial charge < -0.3 is 5.32 Å². The van der Waals surface area contributed by atoms with Crippen molar-refractivity contribution in [3.8, 4) is 0 Å². The van der Waals surface area contributed by atoms with E-state index in [0.29, 0.717) is 5.92 Å². The molecule has 0 aromatic heterocycles. The summed E-state index contributed by atoms with van der Waals surface area (Å²) in [4.78, 5) is 0. The van der Waals surface area contributed by atoms with Crippen LogP contribution >= 0.6 is 0 Å². The van der Waals surface area contributed by atoms with Gasteiger partial charge in [-0.1, -0.05) is 60.7 Å². The van der Waals surface area contributed by atoms with E-state index < -0.39 is 0 Å². The first-order chi connectivity index (χ1) is 9.42. The van der Waals surface area contributed by atoms with Gasteiger partial charge in [0.25, 0.3) is 0 Å². The molecule has 1 N–H and O–H groups in total. The minimum absolute atomic E-state index is 0.573. The minimum Gasteiger partial charge on any atom is -0.313 e. The van der Waals surface area contributed by atoms with Crippen molar-refractivity contribution in [3.63, 3.8) is 0 Å². The lowest BCUT2D eigenvalue weighted by Gasteiger charge is -2.18.